The summed E-state index contributed by atoms with van der Waals surface area (Å²) in [6.45, 7) is -47.1. The molecule has 0 aliphatic carbocycles. The molecule has 18 nitrogen and oxygen atoms in total. The zero-order valence-electron chi connectivity index (χ0n) is 118. The monoisotopic (exact) mass is 1320 g/mol. The highest BCUT2D eigenvalue weighted by atomic mass is 16.6. The van der Waals surface area contributed by atoms with Crippen molar-refractivity contribution in [3.63, 3.8) is 0 Å². The normalized spacial score (nSPS) is 47.3. The van der Waals surface area contributed by atoms with Crippen LogP contribution in [0.2, 0.25) is 0 Å². The fraction of sp³-hybridized carbons (Fsp3) is 0.708. The molecule has 6 aliphatic rings. The number of carbonyl (C=O) groups excluding carboxylic acids is 3. The highest BCUT2D eigenvalue weighted by Crippen LogP contribution is 2.48. The van der Waals surface area contributed by atoms with E-state index >= 15 is 0 Å². The van der Waals surface area contributed by atoms with E-state index in [4.69, 9.17) is 150 Å². The molecule has 6 aliphatic heterocycles. The number of nitrogens with two attached hydrogens (primary N) is 3. The van der Waals surface area contributed by atoms with Crippen LogP contribution >= 0.6 is 0 Å². The molecule has 15 atom stereocenters. The Labute approximate surface area is 636 Å². The summed E-state index contributed by atoms with van der Waals surface area (Å²) in [5.74, 6) is -40.7. The summed E-state index contributed by atoms with van der Waals surface area (Å²) in [6, 6.07) is -27.2. The summed E-state index contributed by atoms with van der Waals surface area (Å²) >= 11 is 0. The van der Waals surface area contributed by atoms with Crippen LogP contribution in [-0.4, -0.2) is 151 Å². The van der Waals surface area contributed by atoms with E-state index in [1.54, 1.807) is 0 Å². The van der Waals surface area contributed by atoms with Crippen LogP contribution in [0.4, 0.5) is 0 Å². The third-order valence-electron chi connectivity index (χ3n) is 13.7. The van der Waals surface area contributed by atoms with Crippen molar-refractivity contribution in [2.75, 3.05) is 81.6 Å². The Kier molecular flexibility index (Phi) is 8.38. The van der Waals surface area contributed by atoms with Crippen LogP contribution in [0.15, 0.2) is 36.3 Å². The van der Waals surface area contributed by atoms with E-state index in [1.807, 2.05) is 0 Å². The second-order valence-electron chi connectivity index (χ2n) is 19.8. The second kappa shape index (κ2) is 32.5. The first-order valence-corrected chi connectivity index (χ1v) is 26.5. The minimum atomic E-state index is -4.16. The Morgan fingerprint density at radius 1 is 0.489 bits per heavy atom. The number of methoxy groups -OCH3 is 6. The van der Waals surface area contributed by atoms with Gasteiger partial charge in [-0.05, 0) is 143 Å². The summed E-state index contributed by atoms with van der Waals surface area (Å²) in [6.07, 6.45) is -31.9. The highest BCUT2D eigenvalue weighted by molar-refractivity contribution is 5.77. The van der Waals surface area contributed by atoms with Gasteiger partial charge in [0.25, 0.3) is 0 Å². The SMILES string of the molecule is [2H]c1c(OC)c(OC([2H])([2H])[2H])c([2H])c2c1C1([2H])CC(OC(=O)[C@@]([2H])(N)C([2H])(C([2H])([2H])[2H])C([2H])([2H])[2H])C(C([2H])([2H])C([2H])(C)C([2H])([2H])[2H])CN1C([2H])([2H])C2([2H])[2H].[2H]c1c(OC)c(OC([2H])([2H])[2H])c([2H])c2c1C1([2H])CC(OC(=O)[C@@]([2H])(N)C([2H])(C([2H])([2H])[2H])C([2H])([2H])[2H])C(C([2H])([2H])C([2H])(C)C([2H])([2H])[2H])CN1C([2H])([2H])C2([2H])[2H].[2H]c1c(OC)c(OC)c([2H])c2c1C1([2H])CC(OC(=O)[C@@]([2H])(N)C([2H])(C([2H])([2H])[2H])C([2H])([2H])[2H])C(C([2H])([2H])C([2H])(C)C([2H])([2H])[2H])CN1C([2H])([2H])C2([2H])[2H]. The maximum Gasteiger partial charge on any atom is 0.323 e. The topological polar surface area (TPSA) is 222 Å². The Balaban J connectivity index is 0.000000321. The lowest BCUT2D eigenvalue weighted by Crippen LogP contribution is -2.51. The molecule has 0 aromatic heterocycles. The van der Waals surface area contributed by atoms with Gasteiger partial charge in [-0.25, -0.2) is 0 Å². The zero-order chi connectivity index (χ0) is 126. The van der Waals surface area contributed by atoms with Gasteiger partial charge in [0.05, 0.1) is 67.2 Å². The maximum absolute atomic E-state index is 13.7. The van der Waals surface area contributed by atoms with Crippen molar-refractivity contribution in [1.82, 2.24) is 14.7 Å². The number of benzene rings is 3. The summed E-state index contributed by atoms with van der Waals surface area (Å²) < 4.78 is 618. The minimum Gasteiger partial charge on any atom is -0.493 e. The van der Waals surface area contributed by atoms with Gasteiger partial charge in [-0.15, -0.1) is 0 Å². The fourth-order valence-electron chi connectivity index (χ4n) is 9.60. The molecule has 0 amide bonds. The van der Waals surface area contributed by atoms with E-state index in [0.717, 1.165) is 28.4 Å². The number of rotatable bonds is 21. The number of esters is 3. The number of carbonyl (C=O) groups is 3. The number of piperidine rings is 3. The summed E-state index contributed by atoms with van der Waals surface area (Å²) in [4.78, 5) is 42.2. The quantitative estimate of drug-likeness (QED) is 0.0666. The molecule has 12 unspecified atom stereocenters. The minimum absolute atomic E-state index is 0.308. The molecule has 90 heavy (non-hydrogen) atoms. The number of hydrogen-bond acceptors (Lipinski definition) is 18. The van der Waals surface area contributed by atoms with E-state index in [-0.39, 0.29) is 0 Å². The first-order valence-electron chi connectivity index (χ1n) is 61.0. The molecule has 18 heteroatoms. The van der Waals surface area contributed by atoms with Crippen molar-refractivity contribution in [1.29, 1.82) is 0 Å². The Morgan fingerprint density at radius 3 is 1.00 bits per heavy atom. The predicted molar refractivity (Wildman–Crippen MR) is 353 cm³/mol. The molecule has 0 bridgehead atoms. The number of hydrogen-bond donors (Lipinski definition) is 3. The number of nitrogens with zero attached hydrogens (tertiary/aromatic N) is 3. The largest absolute Gasteiger partial charge is 0.493 e. The van der Waals surface area contributed by atoms with Gasteiger partial charge in [0.1, 0.15) is 36.4 Å². The highest BCUT2D eigenvalue weighted by Gasteiger charge is 2.45. The zero-order valence-corrected chi connectivity index (χ0v) is 49.2. The molecule has 3 aromatic rings. The van der Waals surface area contributed by atoms with E-state index < -0.39 is 402 Å². The lowest BCUT2D eigenvalue weighted by Gasteiger charge is -2.47. The summed E-state index contributed by atoms with van der Waals surface area (Å²) in [5.41, 5.74) is 11.3. The second-order valence-corrected chi connectivity index (χ2v) is 19.8. The van der Waals surface area contributed by atoms with Crippen LogP contribution < -0.4 is 45.6 Å². The van der Waals surface area contributed by atoms with Crippen LogP contribution in [0.3, 0.4) is 0 Å². The average molecular weight is 1330 g/mol. The van der Waals surface area contributed by atoms with Gasteiger partial charge in [-0.1, -0.05) is 82.4 Å². The third kappa shape index (κ3) is 17.5. The van der Waals surface area contributed by atoms with Gasteiger partial charge in [0, 0.05) is 164 Å². The molecule has 6 heterocycles. The van der Waals surface area contributed by atoms with E-state index in [0.29, 0.717) is 35.5 Å². The van der Waals surface area contributed by atoms with Crippen LogP contribution in [-0.2, 0) is 47.7 Å². The van der Waals surface area contributed by atoms with E-state index in [1.165, 1.54) is 0 Å². The van der Waals surface area contributed by atoms with Crippen LogP contribution in [0, 0.1) is 53.1 Å². The van der Waals surface area contributed by atoms with Gasteiger partial charge in [-0.2, -0.15) is 0 Å². The third-order valence-corrected chi connectivity index (χ3v) is 13.7. The van der Waals surface area contributed by atoms with Gasteiger partial charge in [0.2, 0.25) is 0 Å². The predicted octanol–water partition coefficient (Wildman–Crippen LogP) is 10.7. The van der Waals surface area contributed by atoms with E-state index in [2.05, 4.69) is 0 Å². The first kappa shape index (κ1) is 23.2. The summed E-state index contributed by atoms with van der Waals surface area (Å²) in [5, 5.41) is 0. The smallest absolute Gasteiger partial charge is 0.323 e. The Morgan fingerprint density at radius 2 is 0.756 bits per heavy atom. The summed E-state index contributed by atoms with van der Waals surface area (Å²) in [7, 11) is -2.82. The Bertz CT molecular complexity index is 5690. The maximum atomic E-state index is 13.7. The average Bonchev–Trinajstić information content (AvgIpc) is 0.675. The van der Waals surface area contributed by atoms with Gasteiger partial charge >= 0.3 is 17.9 Å². The number of ether oxygens (including phenoxy) is 9. The molecule has 6 N–H and O–H groups in total. The lowest BCUT2D eigenvalue weighted by atomic mass is 9.79. The fourth-order valence-corrected chi connectivity index (χ4v) is 9.60. The Hall–Kier alpha value is -5.37. The van der Waals surface area contributed by atoms with Crippen LogP contribution in [0.25, 0.3) is 0 Å². The van der Waals surface area contributed by atoms with Gasteiger partial charge in [0.15, 0.2) is 34.5 Å². The molecule has 0 radical (unpaired) electrons. The molecule has 3 saturated heterocycles. The lowest BCUT2D eigenvalue weighted by molar-refractivity contribution is -0.161. The van der Waals surface area contributed by atoms with Crippen molar-refractivity contribution in [3.8, 4) is 34.5 Å². The van der Waals surface area contributed by atoms with Crippen LogP contribution in [0.1, 0.15) is 267 Å². The first-order chi connectivity index (χ1) is 69.6. The number of fused-ring (bicyclic) bond motifs is 9. The molecule has 3 aromatic carbocycles. The van der Waals surface area contributed by atoms with Crippen molar-refractivity contribution in [2.45, 2.75) is 194 Å². The van der Waals surface area contributed by atoms with E-state index in [9.17, 15) is 18.5 Å². The van der Waals surface area contributed by atoms with Crippen molar-refractivity contribution in [3.05, 3.63) is 69.6 Å². The van der Waals surface area contributed by atoms with Crippen molar-refractivity contribution >= 4 is 17.9 Å². The molecular formula is C72H114N6O12. The molecule has 504 valence electrons. The van der Waals surface area contributed by atoms with Crippen LogP contribution in [0.5, 0.6) is 34.5 Å². The van der Waals surface area contributed by atoms with Crippen molar-refractivity contribution in [2.24, 2.45) is 70.3 Å². The van der Waals surface area contributed by atoms with Gasteiger partial charge in [-0.3, -0.25) is 29.1 Å². The molecule has 0 spiro atoms. The van der Waals surface area contributed by atoms with Crippen molar-refractivity contribution < 1.29 is 152 Å². The standard InChI is InChI=1S/3C24H38N2O4/c3*1-14(2)9-17-13-26-8-7-16-10-21(28-5)22(29-6)11-18(16)19(26)12-20(17)30-24(27)23(25)15(3)4/h3*10-11,14-15,17,19-20,23H,7-9,12-13,25H2,1-6H3/t3*17?,19?,20?,23-/m000/s1/i2*1D3,3D3,4D3,5D3,7D2,8D2,9D2,10D,11D,14D,15D,19D,23D;1D3,3D3,4D3,7D2,8D2,9D2,10D,11D,14D,15D,19D,23D/t3*14?,17?,19?,20?,23-. The molecule has 9 rings (SSSR count). The molecule has 0 saturated carbocycles. The van der Waals surface area contributed by atoms with Gasteiger partial charge < -0.3 is 59.8 Å². The molecule has 3 fully saturated rings. The molecular weight excluding hydrogens is 1140 g/mol.